The molecule has 126 valence electrons. The molecule has 0 spiro atoms. The van der Waals surface area contributed by atoms with Crippen LogP contribution >= 0.6 is 11.3 Å². The average molecular weight is 336 g/mol. The van der Waals surface area contributed by atoms with Crippen LogP contribution in [0.25, 0.3) is 0 Å². The lowest BCUT2D eigenvalue weighted by molar-refractivity contribution is -0.141. The number of likely N-dealkylation sites (tertiary alicyclic amines) is 1. The van der Waals surface area contributed by atoms with Crippen LogP contribution < -0.4 is 0 Å². The third-order valence-electron chi connectivity index (χ3n) is 4.65. The first-order valence-electron chi connectivity index (χ1n) is 8.29. The van der Waals surface area contributed by atoms with Gasteiger partial charge in [-0.3, -0.25) is 9.59 Å². The minimum atomic E-state index is -0.0640. The van der Waals surface area contributed by atoms with Crippen molar-refractivity contribution in [1.29, 1.82) is 0 Å². The van der Waals surface area contributed by atoms with Gasteiger partial charge in [-0.15, -0.1) is 11.3 Å². The molecule has 0 N–H and O–H groups in total. The zero-order valence-electron chi connectivity index (χ0n) is 13.8. The van der Waals surface area contributed by atoms with Crippen molar-refractivity contribution in [2.45, 2.75) is 26.7 Å². The molecule has 5 nitrogen and oxygen atoms in total. The van der Waals surface area contributed by atoms with Gasteiger partial charge in [0.05, 0.1) is 24.7 Å². The van der Waals surface area contributed by atoms with Gasteiger partial charge in [0, 0.05) is 35.9 Å². The SMILES string of the molecule is Cc1cc(C(=O)N2CCC[C@H](C(=O)N3CCOCC3)C2)c(C)s1. The fraction of sp³-hybridized carbons (Fsp3) is 0.647. The molecule has 2 amide bonds. The van der Waals surface area contributed by atoms with E-state index in [0.29, 0.717) is 32.8 Å². The highest BCUT2D eigenvalue weighted by atomic mass is 32.1. The number of nitrogens with zero attached hydrogens (tertiary/aromatic N) is 2. The normalized spacial score (nSPS) is 22.3. The Morgan fingerprint density at radius 2 is 1.91 bits per heavy atom. The van der Waals surface area contributed by atoms with E-state index in [-0.39, 0.29) is 17.7 Å². The Kier molecular flexibility index (Phi) is 5.02. The number of aryl methyl sites for hydroxylation is 2. The van der Waals surface area contributed by atoms with Crippen LogP contribution in [0.3, 0.4) is 0 Å². The van der Waals surface area contributed by atoms with Gasteiger partial charge in [-0.25, -0.2) is 0 Å². The van der Waals surface area contributed by atoms with Gasteiger partial charge in [0.25, 0.3) is 5.91 Å². The van der Waals surface area contributed by atoms with Gasteiger partial charge in [0.2, 0.25) is 5.91 Å². The topological polar surface area (TPSA) is 49.9 Å². The fourth-order valence-electron chi connectivity index (χ4n) is 3.42. The molecule has 0 aromatic carbocycles. The third kappa shape index (κ3) is 3.58. The molecule has 1 atom stereocenters. The highest BCUT2D eigenvalue weighted by Crippen LogP contribution is 2.25. The smallest absolute Gasteiger partial charge is 0.255 e. The Morgan fingerprint density at radius 3 is 2.57 bits per heavy atom. The van der Waals surface area contributed by atoms with E-state index in [1.807, 2.05) is 29.7 Å². The maximum Gasteiger partial charge on any atom is 0.255 e. The molecule has 0 radical (unpaired) electrons. The predicted octanol–water partition coefficient (Wildman–Crippen LogP) is 2.08. The number of hydrogen-bond donors (Lipinski definition) is 0. The molecule has 0 aliphatic carbocycles. The molecule has 2 saturated heterocycles. The van der Waals surface area contributed by atoms with Crippen LogP contribution in [-0.2, 0) is 9.53 Å². The van der Waals surface area contributed by atoms with Gasteiger partial charge in [-0.1, -0.05) is 0 Å². The average Bonchev–Trinajstić information content (AvgIpc) is 2.93. The first kappa shape index (κ1) is 16.5. The summed E-state index contributed by atoms with van der Waals surface area (Å²) in [7, 11) is 0. The number of carbonyl (C=O) groups excluding carboxylic acids is 2. The molecule has 1 aromatic heterocycles. The number of rotatable bonds is 2. The first-order valence-corrected chi connectivity index (χ1v) is 9.10. The lowest BCUT2D eigenvalue weighted by Crippen LogP contribution is -2.49. The molecule has 3 rings (SSSR count). The summed E-state index contributed by atoms with van der Waals surface area (Å²) in [5.41, 5.74) is 0.798. The number of piperidine rings is 1. The quantitative estimate of drug-likeness (QED) is 0.831. The highest BCUT2D eigenvalue weighted by molar-refractivity contribution is 7.12. The molecule has 2 fully saturated rings. The molecule has 1 aromatic rings. The number of ether oxygens (including phenoxy) is 1. The molecule has 23 heavy (non-hydrogen) atoms. The molecule has 2 aliphatic heterocycles. The number of carbonyl (C=O) groups is 2. The monoisotopic (exact) mass is 336 g/mol. The van der Waals surface area contributed by atoms with Crippen molar-refractivity contribution in [2.75, 3.05) is 39.4 Å². The summed E-state index contributed by atoms with van der Waals surface area (Å²) in [6.45, 7) is 7.89. The highest BCUT2D eigenvalue weighted by Gasteiger charge is 2.32. The van der Waals surface area contributed by atoms with Crippen molar-refractivity contribution in [3.8, 4) is 0 Å². The minimum Gasteiger partial charge on any atom is -0.378 e. The van der Waals surface area contributed by atoms with Crippen LogP contribution in [0.4, 0.5) is 0 Å². The van der Waals surface area contributed by atoms with Gasteiger partial charge in [-0.05, 0) is 32.8 Å². The van der Waals surface area contributed by atoms with Gasteiger partial charge in [0.1, 0.15) is 0 Å². The second-order valence-electron chi connectivity index (χ2n) is 6.35. The van der Waals surface area contributed by atoms with Crippen LogP contribution in [0.2, 0.25) is 0 Å². The van der Waals surface area contributed by atoms with Crippen molar-refractivity contribution in [3.63, 3.8) is 0 Å². The van der Waals surface area contributed by atoms with Crippen LogP contribution in [0.5, 0.6) is 0 Å². The molecule has 3 heterocycles. The Labute approximate surface area is 141 Å². The Balaban J connectivity index is 1.66. The summed E-state index contributed by atoms with van der Waals surface area (Å²) in [5, 5.41) is 0. The zero-order chi connectivity index (χ0) is 16.4. The Morgan fingerprint density at radius 1 is 1.17 bits per heavy atom. The fourth-order valence-corrected chi connectivity index (χ4v) is 4.33. The molecule has 2 aliphatic rings. The molecule has 0 saturated carbocycles. The largest absolute Gasteiger partial charge is 0.378 e. The summed E-state index contributed by atoms with van der Waals surface area (Å²) in [4.78, 5) is 31.4. The van der Waals surface area contributed by atoms with E-state index in [2.05, 4.69) is 0 Å². The number of morpholine rings is 1. The maximum atomic E-state index is 12.8. The standard InChI is InChI=1S/C17H24N2O3S/c1-12-10-15(13(2)23-12)17(21)19-5-3-4-14(11-19)16(20)18-6-8-22-9-7-18/h10,14H,3-9,11H2,1-2H3/t14-/m0/s1. The van der Waals surface area contributed by atoms with Crippen molar-refractivity contribution in [1.82, 2.24) is 9.80 Å². The number of hydrogen-bond acceptors (Lipinski definition) is 4. The Bertz CT molecular complexity index is 593. The van der Waals surface area contributed by atoms with Crippen LogP contribution in [0.15, 0.2) is 6.07 Å². The number of amides is 2. The van der Waals surface area contributed by atoms with Crippen molar-refractivity contribution in [2.24, 2.45) is 5.92 Å². The van der Waals surface area contributed by atoms with Crippen LogP contribution in [0.1, 0.15) is 33.0 Å². The molecule has 6 heteroatoms. The van der Waals surface area contributed by atoms with E-state index in [0.717, 1.165) is 34.7 Å². The maximum absolute atomic E-state index is 12.8. The second-order valence-corrected chi connectivity index (χ2v) is 7.82. The van der Waals surface area contributed by atoms with Crippen LogP contribution in [0, 0.1) is 19.8 Å². The summed E-state index contributed by atoms with van der Waals surface area (Å²) in [6.07, 6.45) is 1.77. The van der Waals surface area contributed by atoms with E-state index in [1.54, 1.807) is 11.3 Å². The van der Waals surface area contributed by atoms with Crippen molar-refractivity contribution in [3.05, 3.63) is 21.4 Å². The van der Waals surface area contributed by atoms with E-state index in [9.17, 15) is 9.59 Å². The molecule has 0 unspecified atom stereocenters. The van der Waals surface area contributed by atoms with Gasteiger partial charge in [-0.2, -0.15) is 0 Å². The predicted molar refractivity (Wildman–Crippen MR) is 89.8 cm³/mol. The molecular weight excluding hydrogens is 312 g/mol. The molecule has 0 bridgehead atoms. The van der Waals surface area contributed by atoms with E-state index < -0.39 is 0 Å². The number of thiophene rings is 1. The summed E-state index contributed by atoms with van der Waals surface area (Å²) < 4.78 is 5.31. The summed E-state index contributed by atoms with van der Waals surface area (Å²) in [6, 6.07) is 1.97. The van der Waals surface area contributed by atoms with Gasteiger partial charge in [0.15, 0.2) is 0 Å². The minimum absolute atomic E-state index is 0.0640. The first-order chi connectivity index (χ1) is 11.1. The van der Waals surface area contributed by atoms with E-state index in [1.165, 1.54) is 0 Å². The van der Waals surface area contributed by atoms with Gasteiger partial charge < -0.3 is 14.5 Å². The Hall–Kier alpha value is -1.40. The van der Waals surface area contributed by atoms with Crippen LogP contribution in [-0.4, -0.2) is 61.0 Å². The second kappa shape index (κ2) is 7.01. The van der Waals surface area contributed by atoms with Crippen molar-refractivity contribution < 1.29 is 14.3 Å². The lowest BCUT2D eigenvalue weighted by atomic mass is 9.95. The lowest BCUT2D eigenvalue weighted by Gasteiger charge is -2.36. The third-order valence-corrected chi connectivity index (χ3v) is 5.62. The molecular formula is C17H24N2O3S. The zero-order valence-corrected chi connectivity index (χ0v) is 14.7. The van der Waals surface area contributed by atoms with Gasteiger partial charge >= 0.3 is 0 Å². The summed E-state index contributed by atoms with van der Waals surface area (Å²) >= 11 is 1.65. The summed E-state index contributed by atoms with van der Waals surface area (Å²) in [5.74, 6) is 0.196. The van der Waals surface area contributed by atoms with E-state index >= 15 is 0 Å². The van der Waals surface area contributed by atoms with Crippen molar-refractivity contribution >= 4 is 23.2 Å². The van der Waals surface area contributed by atoms with E-state index in [4.69, 9.17) is 4.74 Å².